The Balaban J connectivity index is 2.45. The van der Waals surface area contributed by atoms with Gasteiger partial charge in [-0.2, -0.15) is 11.8 Å². The highest BCUT2D eigenvalue weighted by molar-refractivity contribution is 8.03. The molecule has 0 aromatic carbocycles. The van der Waals surface area contributed by atoms with Crippen molar-refractivity contribution in [3.8, 4) is 0 Å². The zero-order valence-corrected chi connectivity index (χ0v) is 9.61. The standard InChI is InChI=1S/C7H12N2S3/c1-5-6(11-4-3-10-2)12-7(8)9-5/h3-4H2,1-2H3,(H2,8,9). The first kappa shape index (κ1) is 10.2. The number of aryl methyl sites for hydroxylation is 1. The van der Waals surface area contributed by atoms with Gasteiger partial charge in [-0.05, 0) is 13.2 Å². The number of rotatable bonds is 4. The summed E-state index contributed by atoms with van der Waals surface area (Å²) in [5.41, 5.74) is 6.65. The van der Waals surface area contributed by atoms with Crippen molar-refractivity contribution in [2.45, 2.75) is 11.1 Å². The number of aromatic nitrogens is 1. The largest absolute Gasteiger partial charge is 0.375 e. The molecule has 0 saturated heterocycles. The second-order valence-electron chi connectivity index (χ2n) is 2.27. The third-order valence-electron chi connectivity index (χ3n) is 1.29. The monoisotopic (exact) mass is 220 g/mol. The van der Waals surface area contributed by atoms with E-state index in [1.165, 1.54) is 9.96 Å². The highest BCUT2D eigenvalue weighted by Gasteiger charge is 2.04. The molecule has 0 aliphatic carbocycles. The van der Waals surface area contributed by atoms with E-state index < -0.39 is 0 Å². The molecule has 0 aliphatic rings. The zero-order valence-electron chi connectivity index (χ0n) is 7.16. The van der Waals surface area contributed by atoms with E-state index in [1.54, 1.807) is 11.3 Å². The lowest BCUT2D eigenvalue weighted by atomic mass is 10.6. The van der Waals surface area contributed by atoms with Crippen LogP contribution in [0, 0.1) is 6.92 Å². The van der Waals surface area contributed by atoms with E-state index in [1.807, 2.05) is 30.4 Å². The van der Waals surface area contributed by atoms with Gasteiger partial charge in [-0.25, -0.2) is 4.98 Å². The second kappa shape index (κ2) is 4.99. The van der Waals surface area contributed by atoms with Crippen LogP contribution < -0.4 is 5.73 Å². The number of hydrogen-bond donors (Lipinski definition) is 1. The van der Waals surface area contributed by atoms with E-state index in [0.717, 1.165) is 11.4 Å². The summed E-state index contributed by atoms with van der Waals surface area (Å²) in [6.45, 7) is 2.01. The van der Waals surface area contributed by atoms with E-state index in [4.69, 9.17) is 5.73 Å². The smallest absolute Gasteiger partial charge is 0.181 e. The summed E-state index contributed by atoms with van der Waals surface area (Å²) in [4.78, 5) is 4.16. The fourth-order valence-corrected chi connectivity index (χ4v) is 3.50. The molecule has 0 spiro atoms. The first-order valence-electron chi connectivity index (χ1n) is 3.58. The lowest BCUT2D eigenvalue weighted by Crippen LogP contribution is -1.82. The van der Waals surface area contributed by atoms with Crippen LogP contribution in [0.25, 0.3) is 0 Å². The maximum absolute atomic E-state index is 5.57. The molecule has 0 atom stereocenters. The minimum atomic E-state index is 0.680. The number of thiazole rings is 1. The number of anilines is 1. The van der Waals surface area contributed by atoms with E-state index >= 15 is 0 Å². The third kappa shape index (κ3) is 2.88. The van der Waals surface area contributed by atoms with Gasteiger partial charge >= 0.3 is 0 Å². The van der Waals surface area contributed by atoms with Crippen LogP contribution >= 0.6 is 34.9 Å². The summed E-state index contributed by atoms with van der Waals surface area (Å²) in [6, 6.07) is 0. The van der Waals surface area contributed by atoms with Crippen molar-refractivity contribution in [1.82, 2.24) is 4.98 Å². The molecule has 0 bridgehead atoms. The van der Waals surface area contributed by atoms with Crippen molar-refractivity contribution in [1.29, 1.82) is 0 Å². The SMILES string of the molecule is CSCCSc1sc(N)nc1C. The van der Waals surface area contributed by atoms with Crippen molar-refractivity contribution in [3.05, 3.63) is 5.69 Å². The Morgan fingerprint density at radius 1 is 1.50 bits per heavy atom. The van der Waals surface area contributed by atoms with Gasteiger partial charge in [0.15, 0.2) is 5.13 Å². The fraction of sp³-hybridized carbons (Fsp3) is 0.571. The van der Waals surface area contributed by atoms with Crippen LogP contribution in [0.5, 0.6) is 0 Å². The summed E-state index contributed by atoms with van der Waals surface area (Å²) < 4.78 is 1.27. The van der Waals surface area contributed by atoms with E-state index in [2.05, 4.69) is 11.2 Å². The molecule has 1 aromatic heterocycles. The number of nitrogens with zero attached hydrogens (tertiary/aromatic N) is 1. The first-order chi connectivity index (χ1) is 5.74. The molecule has 1 heterocycles. The maximum Gasteiger partial charge on any atom is 0.181 e. The van der Waals surface area contributed by atoms with Crippen molar-refractivity contribution in [2.75, 3.05) is 23.5 Å². The van der Waals surface area contributed by atoms with Crippen molar-refractivity contribution >= 4 is 40.0 Å². The Morgan fingerprint density at radius 3 is 2.75 bits per heavy atom. The highest BCUT2D eigenvalue weighted by atomic mass is 32.2. The van der Waals surface area contributed by atoms with E-state index in [0.29, 0.717) is 5.13 Å². The molecule has 1 rings (SSSR count). The molecular formula is C7H12N2S3. The molecule has 5 heteroatoms. The Bertz CT molecular complexity index is 247. The molecule has 12 heavy (non-hydrogen) atoms. The minimum Gasteiger partial charge on any atom is -0.375 e. The van der Waals surface area contributed by atoms with Crippen LogP contribution in [-0.4, -0.2) is 22.7 Å². The Labute approximate surface area is 85.3 Å². The molecule has 0 amide bonds. The van der Waals surface area contributed by atoms with Gasteiger partial charge in [0.2, 0.25) is 0 Å². The average Bonchev–Trinajstić information content (AvgIpc) is 2.31. The minimum absolute atomic E-state index is 0.680. The van der Waals surface area contributed by atoms with Gasteiger partial charge in [-0.3, -0.25) is 0 Å². The normalized spacial score (nSPS) is 10.5. The molecule has 0 saturated carbocycles. The predicted molar refractivity (Wildman–Crippen MR) is 60.4 cm³/mol. The van der Waals surface area contributed by atoms with Gasteiger partial charge in [-0.15, -0.1) is 11.8 Å². The van der Waals surface area contributed by atoms with Crippen LogP contribution in [0.15, 0.2) is 4.21 Å². The third-order valence-corrected chi connectivity index (χ3v) is 4.51. The van der Waals surface area contributed by atoms with Gasteiger partial charge in [0.1, 0.15) is 0 Å². The van der Waals surface area contributed by atoms with Crippen molar-refractivity contribution in [2.24, 2.45) is 0 Å². The van der Waals surface area contributed by atoms with Crippen LogP contribution in [0.2, 0.25) is 0 Å². The second-order valence-corrected chi connectivity index (χ2v) is 5.65. The van der Waals surface area contributed by atoms with Crippen LogP contribution in [0.1, 0.15) is 5.69 Å². The molecule has 2 N–H and O–H groups in total. The molecular weight excluding hydrogens is 208 g/mol. The summed E-state index contributed by atoms with van der Waals surface area (Å²) in [7, 11) is 0. The molecule has 0 fully saturated rings. The lowest BCUT2D eigenvalue weighted by Gasteiger charge is -1.95. The number of nitrogens with two attached hydrogens (primary N) is 1. The van der Waals surface area contributed by atoms with Crippen LogP contribution in [0.3, 0.4) is 0 Å². The van der Waals surface area contributed by atoms with Gasteiger partial charge in [0.25, 0.3) is 0 Å². The maximum atomic E-state index is 5.57. The topological polar surface area (TPSA) is 38.9 Å². The van der Waals surface area contributed by atoms with Gasteiger partial charge in [0.05, 0.1) is 9.90 Å². The zero-order chi connectivity index (χ0) is 8.97. The molecule has 68 valence electrons. The summed E-state index contributed by atoms with van der Waals surface area (Å²) >= 11 is 5.30. The Kier molecular flexibility index (Phi) is 4.25. The van der Waals surface area contributed by atoms with Crippen molar-refractivity contribution in [3.63, 3.8) is 0 Å². The Morgan fingerprint density at radius 2 is 2.25 bits per heavy atom. The van der Waals surface area contributed by atoms with Crippen molar-refractivity contribution < 1.29 is 0 Å². The lowest BCUT2D eigenvalue weighted by molar-refractivity contribution is 1.21. The summed E-state index contributed by atoms with van der Waals surface area (Å²) in [6.07, 6.45) is 2.12. The molecule has 1 aromatic rings. The van der Waals surface area contributed by atoms with Crippen LogP contribution in [0.4, 0.5) is 5.13 Å². The van der Waals surface area contributed by atoms with Gasteiger partial charge < -0.3 is 5.73 Å². The van der Waals surface area contributed by atoms with E-state index in [9.17, 15) is 0 Å². The first-order valence-corrected chi connectivity index (χ1v) is 6.78. The quantitative estimate of drug-likeness (QED) is 0.625. The van der Waals surface area contributed by atoms with Gasteiger partial charge in [-0.1, -0.05) is 11.3 Å². The average molecular weight is 220 g/mol. The summed E-state index contributed by atoms with van der Waals surface area (Å²) in [5, 5.41) is 0.680. The molecule has 0 radical (unpaired) electrons. The number of nitrogen functional groups attached to an aromatic ring is 1. The molecule has 2 nitrogen and oxygen atoms in total. The summed E-state index contributed by atoms with van der Waals surface area (Å²) in [5.74, 6) is 2.32. The van der Waals surface area contributed by atoms with Crippen LogP contribution in [-0.2, 0) is 0 Å². The predicted octanol–water partition coefficient (Wildman–Crippen LogP) is 2.49. The fourth-order valence-electron chi connectivity index (χ4n) is 0.754. The Hall–Kier alpha value is 0.130. The highest BCUT2D eigenvalue weighted by Crippen LogP contribution is 2.30. The number of hydrogen-bond acceptors (Lipinski definition) is 5. The van der Waals surface area contributed by atoms with E-state index in [-0.39, 0.29) is 0 Å². The molecule has 0 aliphatic heterocycles. The number of thioether (sulfide) groups is 2. The molecule has 0 unspecified atom stereocenters. The van der Waals surface area contributed by atoms with Gasteiger partial charge in [0, 0.05) is 11.5 Å².